The second kappa shape index (κ2) is 5.25. The summed E-state index contributed by atoms with van der Waals surface area (Å²) < 4.78 is 0.729. The number of amides is 1. The molecule has 2 rings (SSSR count). The average molecular weight is 281 g/mol. The smallest absolute Gasteiger partial charge is 0.253 e. The van der Waals surface area contributed by atoms with Gasteiger partial charge >= 0.3 is 0 Å². The topological polar surface area (TPSA) is 42.0 Å². The SMILES string of the molecule is O=C(NC1C=CCCC1)c1ccncc1Br. The Morgan fingerprint density at radius 1 is 1.56 bits per heavy atom. The van der Waals surface area contributed by atoms with Crippen LogP contribution in [0.15, 0.2) is 35.1 Å². The average Bonchev–Trinajstić information content (AvgIpc) is 2.31. The molecule has 0 aromatic carbocycles. The number of pyridine rings is 1. The van der Waals surface area contributed by atoms with E-state index in [1.807, 2.05) is 0 Å². The van der Waals surface area contributed by atoms with Crippen molar-refractivity contribution in [1.82, 2.24) is 10.3 Å². The summed E-state index contributed by atoms with van der Waals surface area (Å²) in [6, 6.07) is 1.88. The first-order chi connectivity index (χ1) is 7.77. The zero-order valence-corrected chi connectivity index (χ0v) is 10.4. The maximum atomic E-state index is 11.9. The second-order valence-corrected chi connectivity index (χ2v) is 4.65. The van der Waals surface area contributed by atoms with Crippen LogP contribution in [0.4, 0.5) is 0 Å². The molecule has 1 unspecified atom stereocenters. The molecule has 1 aromatic heterocycles. The molecule has 0 radical (unpaired) electrons. The van der Waals surface area contributed by atoms with E-state index in [2.05, 4.69) is 38.4 Å². The van der Waals surface area contributed by atoms with Crippen molar-refractivity contribution in [2.75, 3.05) is 0 Å². The van der Waals surface area contributed by atoms with Gasteiger partial charge in [0.05, 0.1) is 5.56 Å². The van der Waals surface area contributed by atoms with Gasteiger partial charge in [0.2, 0.25) is 0 Å². The summed E-state index contributed by atoms with van der Waals surface area (Å²) in [6.07, 6.45) is 10.7. The minimum Gasteiger partial charge on any atom is -0.346 e. The molecule has 1 aromatic rings. The minimum atomic E-state index is -0.0502. The fraction of sp³-hybridized carbons (Fsp3) is 0.333. The highest BCUT2D eigenvalue weighted by Gasteiger charge is 2.14. The van der Waals surface area contributed by atoms with E-state index < -0.39 is 0 Å². The number of nitrogens with zero attached hydrogens (tertiary/aromatic N) is 1. The normalized spacial score (nSPS) is 19.4. The van der Waals surface area contributed by atoms with Crippen LogP contribution < -0.4 is 5.32 Å². The summed E-state index contributed by atoms with van der Waals surface area (Å²) in [5.41, 5.74) is 0.633. The number of hydrogen-bond donors (Lipinski definition) is 1. The quantitative estimate of drug-likeness (QED) is 0.847. The highest BCUT2D eigenvalue weighted by Crippen LogP contribution is 2.16. The maximum absolute atomic E-state index is 11.9. The van der Waals surface area contributed by atoms with E-state index in [0.717, 1.165) is 23.7 Å². The third-order valence-electron chi connectivity index (χ3n) is 2.59. The fourth-order valence-corrected chi connectivity index (χ4v) is 2.17. The zero-order chi connectivity index (χ0) is 11.4. The van der Waals surface area contributed by atoms with Crippen LogP contribution in [0.5, 0.6) is 0 Å². The Morgan fingerprint density at radius 3 is 3.12 bits per heavy atom. The van der Waals surface area contributed by atoms with Gasteiger partial charge in [0.1, 0.15) is 0 Å². The van der Waals surface area contributed by atoms with Crippen LogP contribution in [0.25, 0.3) is 0 Å². The van der Waals surface area contributed by atoms with Crippen molar-refractivity contribution in [3.8, 4) is 0 Å². The first-order valence-electron chi connectivity index (χ1n) is 5.34. The third-order valence-corrected chi connectivity index (χ3v) is 3.22. The molecule has 84 valence electrons. The molecule has 3 nitrogen and oxygen atoms in total. The van der Waals surface area contributed by atoms with E-state index in [0.29, 0.717) is 5.56 Å². The molecular formula is C12H13BrN2O. The van der Waals surface area contributed by atoms with Gasteiger partial charge in [0, 0.05) is 22.9 Å². The first-order valence-corrected chi connectivity index (χ1v) is 6.14. The predicted octanol–water partition coefficient (Wildman–Crippen LogP) is 2.68. The van der Waals surface area contributed by atoms with Crippen LogP contribution in [0.2, 0.25) is 0 Å². The molecule has 1 atom stereocenters. The summed E-state index contributed by atoms with van der Waals surface area (Å²) in [4.78, 5) is 15.9. The highest BCUT2D eigenvalue weighted by molar-refractivity contribution is 9.10. The largest absolute Gasteiger partial charge is 0.346 e. The predicted molar refractivity (Wildman–Crippen MR) is 66.2 cm³/mol. The van der Waals surface area contributed by atoms with Gasteiger partial charge in [-0.15, -0.1) is 0 Å². The first kappa shape index (κ1) is 11.3. The van der Waals surface area contributed by atoms with Crippen molar-refractivity contribution in [2.24, 2.45) is 0 Å². The number of carbonyl (C=O) groups is 1. The number of carbonyl (C=O) groups excluding carboxylic acids is 1. The Kier molecular flexibility index (Phi) is 3.72. The molecule has 1 aliphatic rings. The van der Waals surface area contributed by atoms with Crippen molar-refractivity contribution in [2.45, 2.75) is 25.3 Å². The molecule has 0 saturated heterocycles. The maximum Gasteiger partial charge on any atom is 0.253 e. The lowest BCUT2D eigenvalue weighted by Crippen LogP contribution is -2.34. The second-order valence-electron chi connectivity index (χ2n) is 3.79. The molecule has 1 heterocycles. The van der Waals surface area contributed by atoms with E-state index >= 15 is 0 Å². The summed E-state index contributed by atoms with van der Waals surface area (Å²) in [6.45, 7) is 0. The van der Waals surface area contributed by atoms with Gasteiger partial charge in [-0.2, -0.15) is 0 Å². The molecule has 0 saturated carbocycles. The van der Waals surface area contributed by atoms with Gasteiger partial charge in [-0.1, -0.05) is 12.2 Å². The number of allylic oxidation sites excluding steroid dienone is 1. The molecule has 0 spiro atoms. The van der Waals surface area contributed by atoms with Crippen LogP contribution in [0.3, 0.4) is 0 Å². The third kappa shape index (κ3) is 2.70. The van der Waals surface area contributed by atoms with Gasteiger partial charge < -0.3 is 5.32 Å². The van der Waals surface area contributed by atoms with Crippen LogP contribution in [-0.2, 0) is 0 Å². The van der Waals surface area contributed by atoms with E-state index in [1.165, 1.54) is 0 Å². The van der Waals surface area contributed by atoms with Crippen molar-refractivity contribution in [3.05, 3.63) is 40.6 Å². The summed E-state index contributed by atoms with van der Waals surface area (Å²) in [7, 11) is 0. The Bertz CT molecular complexity index is 417. The summed E-state index contributed by atoms with van der Waals surface area (Å²) >= 11 is 3.32. The molecular weight excluding hydrogens is 268 g/mol. The fourth-order valence-electron chi connectivity index (χ4n) is 1.74. The lowest BCUT2D eigenvalue weighted by atomic mass is 10.0. The van der Waals surface area contributed by atoms with Gasteiger partial charge in [-0.3, -0.25) is 9.78 Å². The van der Waals surface area contributed by atoms with Gasteiger partial charge in [0.15, 0.2) is 0 Å². The summed E-state index contributed by atoms with van der Waals surface area (Å²) in [5, 5.41) is 2.99. The standard InChI is InChI=1S/C12H13BrN2O/c13-11-8-14-7-6-10(11)12(16)15-9-4-2-1-3-5-9/h2,4,6-9H,1,3,5H2,(H,15,16). The van der Waals surface area contributed by atoms with Crippen LogP contribution in [0, 0.1) is 0 Å². The Labute approximate surface area is 103 Å². The molecule has 1 amide bonds. The van der Waals surface area contributed by atoms with Crippen molar-refractivity contribution in [1.29, 1.82) is 0 Å². The van der Waals surface area contributed by atoms with E-state index in [4.69, 9.17) is 0 Å². The number of halogens is 1. The van der Waals surface area contributed by atoms with Crippen LogP contribution in [0.1, 0.15) is 29.6 Å². The van der Waals surface area contributed by atoms with Gasteiger partial charge in [0.25, 0.3) is 5.91 Å². The number of hydrogen-bond acceptors (Lipinski definition) is 2. The van der Waals surface area contributed by atoms with Crippen LogP contribution in [-0.4, -0.2) is 16.9 Å². The lowest BCUT2D eigenvalue weighted by Gasteiger charge is -2.18. The Balaban J connectivity index is 2.05. The number of aromatic nitrogens is 1. The molecule has 0 fully saturated rings. The zero-order valence-electron chi connectivity index (χ0n) is 8.82. The van der Waals surface area contributed by atoms with Crippen molar-refractivity contribution in [3.63, 3.8) is 0 Å². The molecule has 1 aliphatic carbocycles. The van der Waals surface area contributed by atoms with Crippen molar-refractivity contribution < 1.29 is 4.79 Å². The number of rotatable bonds is 2. The Hall–Kier alpha value is -1.16. The van der Waals surface area contributed by atoms with E-state index in [-0.39, 0.29) is 11.9 Å². The lowest BCUT2D eigenvalue weighted by molar-refractivity contribution is 0.0941. The molecule has 16 heavy (non-hydrogen) atoms. The van der Waals surface area contributed by atoms with Gasteiger partial charge in [-0.05, 0) is 41.3 Å². The molecule has 0 bridgehead atoms. The number of nitrogens with one attached hydrogen (secondary N) is 1. The van der Waals surface area contributed by atoms with E-state index in [9.17, 15) is 4.79 Å². The monoisotopic (exact) mass is 280 g/mol. The summed E-state index contributed by atoms with van der Waals surface area (Å²) in [5.74, 6) is -0.0502. The Morgan fingerprint density at radius 2 is 2.44 bits per heavy atom. The van der Waals surface area contributed by atoms with Crippen molar-refractivity contribution >= 4 is 21.8 Å². The van der Waals surface area contributed by atoms with Crippen LogP contribution >= 0.6 is 15.9 Å². The van der Waals surface area contributed by atoms with E-state index in [1.54, 1.807) is 18.5 Å². The molecule has 4 heteroatoms. The molecule has 1 N–H and O–H groups in total. The highest BCUT2D eigenvalue weighted by atomic mass is 79.9. The van der Waals surface area contributed by atoms with Gasteiger partial charge in [-0.25, -0.2) is 0 Å². The molecule has 0 aliphatic heterocycles. The minimum absolute atomic E-state index is 0.0502.